The van der Waals surface area contributed by atoms with Crippen molar-refractivity contribution in [1.82, 2.24) is 9.55 Å². The van der Waals surface area contributed by atoms with E-state index in [-0.39, 0.29) is 5.78 Å². The Labute approximate surface area is 92.4 Å². The quantitative estimate of drug-likeness (QED) is 0.744. The van der Waals surface area contributed by atoms with Crippen LogP contribution in [-0.2, 0) is 13.5 Å². The zero-order valence-electron chi connectivity index (χ0n) is 8.73. The molecule has 2 heterocycles. The van der Waals surface area contributed by atoms with Crippen molar-refractivity contribution in [3.8, 4) is 0 Å². The molecule has 0 saturated heterocycles. The number of aromatic nitrogens is 2. The van der Waals surface area contributed by atoms with Gasteiger partial charge in [0.25, 0.3) is 0 Å². The van der Waals surface area contributed by atoms with Gasteiger partial charge in [0.05, 0.1) is 4.88 Å². The van der Waals surface area contributed by atoms with Crippen LogP contribution in [0.1, 0.15) is 28.0 Å². The van der Waals surface area contributed by atoms with Crippen LogP contribution in [-0.4, -0.2) is 15.3 Å². The second kappa shape index (κ2) is 3.98. The van der Waals surface area contributed by atoms with E-state index in [0.717, 1.165) is 16.9 Å². The van der Waals surface area contributed by atoms with Crippen LogP contribution >= 0.6 is 11.3 Å². The van der Waals surface area contributed by atoms with E-state index in [0.29, 0.717) is 5.82 Å². The van der Waals surface area contributed by atoms with E-state index in [2.05, 4.69) is 11.9 Å². The summed E-state index contributed by atoms with van der Waals surface area (Å²) in [7, 11) is 1.83. The highest BCUT2D eigenvalue weighted by Gasteiger charge is 2.17. The van der Waals surface area contributed by atoms with E-state index in [1.54, 1.807) is 17.0 Å². The standard InChI is InChI=1S/C11H12N2OS/c1-3-8-4-7-15-10(8)9(14)11-12-5-6-13(11)2/h4-7H,3H2,1-2H3. The van der Waals surface area contributed by atoms with E-state index in [1.807, 2.05) is 18.5 Å². The number of ketones is 1. The maximum atomic E-state index is 12.1. The lowest BCUT2D eigenvalue weighted by Gasteiger charge is -2.00. The number of imidazole rings is 1. The fraction of sp³-hybridized carbons (Fsp3) is 0.273. The molecule has 2 aromatic rings. The normalized spacial score (nSPS) is 10.5. The summed E-state index contributed by atoms with van der Waals surface area (Å²) in [5, 5.41) is 1.95. The second-order valence-electron chi connectivity index (χ2n) is 3.32. The largest absolute Gasteiger partial charge is 0.331 e. The van der Waals surface area contributed by atoms with Crippen LogP contribution in [0, 0.1) is 0 Å². The third kappa shape index (κ3) is 1.72. The summed E-state index contributed by atoms with van der Waals surface area (Å²) >= 11 is 1.49. The molecule has 0 bridgehead atoms. The summed E-state index contributed by atoms with van der Waals surface area (Å²) in [6.07, 6.45) is 4.31. The van der Waals surface area contributed by atoms with Crippen LogP contribution < -0.4 is 0 Å². The highest BCUT2D eigenvalue weighted by atomic mass is 32.1. The molecule has 2 rings (SSSR count). The second-order valence-corrected chi connectivity index (χ2v) is 4.24. The molecule has 0 saturated carbocycles. The van der Waals surface area contributed by atoms with Crippen molar-refractivity contribution in [3.05, 3.63) is 40.1 Å². The van der Waals surface area contributed by atoms with Gasteiger partial charge in [-0.1, -0.05) is 6.92 Å². The van der Waals surface area contributed by atoms with Crippen LogP contribution in [0.3, 0.4) is 0 Å². The topological polar surface area (TPSA) is 34.9 Å². The summed E-state index contributed by atoms with van der Waals surface area (Å²) in [6, 6.07) is 2.00. The van der Waals surface area contributed by atoms with Crippen molar-refractivity contribution in [1.29, 1.82) is 0 Å². The predicted octanol–water partition coefficient (Wildman–Crippen LogP) is 2.28. The fourth-order valence-corrected chi connectivity index (χ4v) is 2.43. The molecular weight excluding hydrogens is 208 g/mol. The Bertz CT molecular complexity index is 484. The molecule has 0 amide bonds. The maximum Gasteiger partial charge on any atom is 0.238 e. The molecule has 4 heteroatoms. The van der Waals surface area contributed by atoms with E-state index < -0.39 is 0 Å². The Hall–Kier alpha value is -1.42. The van der Waals surface area contributed by atoms with Gasteiger partial charge in [-0.05, 0) is 23.4 Å². The first kappa shape index (κ1) is 10.1. The van der Waals surface area contributed by atoms with Gasteiger partial charge in [0.2, 0.25) is 5.78 Å². The summed E-state index contributed by atoms with van der Waals surface area (Å²) in [4.78, 5) is 17.0. The number of aryl methyl sites for hydroxylation is 2. The van der Waals surface area contributed by atoms with Crippen molar-refractivity contribution in [3.63, 3.8) is 0 Å². The van der Waals surface area contributed by atoms with Gasteiger partial charge < -0.3 is 4.57 Å². The highest BCUT2D eigenvalue weighted by molar-refractivity contribution is 7.12. The Morgan fingerprint density at radius 2 is 2.40 bits per heavy atom. The predicted molar refractivity (Wildman–Crippen MR) is 60.3 cm³/mol. The zero-order valence-corrected chi connectivity index (χ0v) is 9.54. The Kier molecular flexibility index (Phi) is 2.68. The lowest BCUT2D eigenvalue weighted by molar-refractivity contribution is 0.102. The van der Waals surface area contributed by atoms with Crippen molar-refractivity contribution < 1.29 is 4.79 Å². The summed E-state index contributed by atoms with van der Waals surface area (Å²) in [5.74, 6) is 0.529. The molecule has 0 atom stereocenters. The van der Waals surface area contributed by atoms with Crippen LogP contribution in [0.15, 0.2) is 23.8 Å². The number of hydrogen-bond donors (Lipinski definition) is 0. The SMILES string of the molecule is CCc1ccsc1C(=O)c1nccn1C. The van der Waals surface area contributed by atoms with Gasteiger partial charge in [0.1, 0.15) is 0 Å². The molecule has 15 heavy (non-hydrogen) atoms. The molecule has 0 aliphatic carbocycles. The lowest BCUT2D eigenvalue weighted by atomic mass is 10.1. The van der Waals surface area contributed by atoms with Gasteiger partial charge in [0.15, 0.2) is 5.82 Å². The number of rotatable bonds is 3. The van der Waals surface area contributed by atoms with Crippen LogP contribution in [0.4, 0.5) is 0 Å². The maximum absolute atomic E-state index is 12.1. The van der Waals surface area contributed by atoms with Gasteiger partial charge in [-0.2, -0.15) is 0 Å². The molecule has 0 radical (unpaired) electrons. The van der Waals surface area contributed by atoms with Crippen molar-refractivity contribution in [2.75, 3.05) is 0 Å². The molecule has 78 valence electrons. The molecular formula is C11H12N2OS. The first-order valence-corrected chi connectivity index (χ1v) is 5.70. The average molecular weight is 220 g/mol. The first-order chi connectivity index (χ1) is 7.24. The van der Waals surface area contributed by atoms with E-state index in [9.17, 15) is 4.79 Å². The van der Waals surface area contributed by atoms with Crippen LogP contribution in [0.5, 0.6) is 0 Å². The monoisotopic (exact) mass is 220 g/mol. The van der Waals surface area contributed by atoms with E-state index >= 15 is 0 Å². The van der Waals surface area contributed by atoms with Gasteiger partial charge >= 0.3 is 0 Å². The summed E-state index contributed by atoms with van der Waals surface area (Å²) in [5.41, 5.74) is 1.10. The lowest BCUT2D eigenvalue weighted by Crippen LogP contribution is -2.08. The van der Waals surface area contributed by atoms with E-state index in [4.69, 9.17) is 0 Å². The van der Waals surface area contributed by atoms with Crippen LogP contribution in [0.2, 0.25) is 0 Å². The Morgan fingerprint density at radius 3 is 3.00 bits per heavy atom. The van der Waals surface area contributed by atoms with Crippen molar-refractivity contribution in [2.45, 2.75) is 13.3 Å². The Morgan fingerprint density at radius 1 is 1.60 bits per heavy atom. The van der Waals surface area contributed by atoms with Gasteiger partial charge in [-0.3, -0.25) is 4.79 Å². The molecule has 3 nitrogen and oxygen atoms in total. The molecule has 0 aliphatic rings. The molecule has 0 spiro atoms. The summed E-state index contributed by atoms with van der Waals surface area (Å²) in [6.45, 7) is 2.05. The highest BCUT2D eigenvalue weighted by Crippen LogP contribution is 2.20. The molecule has 0 fully saturated rings. The number of nitrogens with zero attached hydrogens (tertiary/aromatic N) is 2. The number of hydrogen-bond acceptors (Lipinski definition) is 3. The Balaban J connectivity index is 2.41. The summed E-state index contributed by atoms with van der Waals surface area (Å²) < 4.78 is 1.75. The van der Waals surface area contributed by atoms with E-state index in [1.165, 1.54) is 11.3 Å². The molecule has 0 aliphatic heterocycles. The molecule has 0 aromatic carbocycles. The fourth-order valence-electron chi connectivity index (χ4n) is 1.50. The molecule has 0 N–H and O–H groups in total. The van der Waals surface area contributed by atoms with Gasteiger partial charge in [-0.25, -0.2) is 4.98 Å². The van der Waals surface area contributed by atoms with Gasteiger partial charge in [-0.15, -0.1) is 11.3 Å². The average Bonchev–Trinajstić information content (AvgIpc) is 2.84. The number of carbonyl (C=O) groups is 1. The first-order valence-electron chi connectivity index (χ1n) is 4.82. The minimum atomic E-state index is 0.0225. The number of carbonyl (C=O) groups excluding carboxylic acids is 1. The third-order valence-corrected chi connectivity index (χ3v) is 3.31. The third-order valence-electron chi connectivity index (χ3n) is 2.36. The van der Waals surface area contributed by atoms with Crippen LogP contribution in [0.25, 0.3) is 0 Å². The number of thiophene rings is 1. The van der Waals surface area contributed by atoms with Crippen molar-refractivity contribution in [2.24, 2.45) is 7.05 Å². The minimum Gasteiger partial charge on any atom is -0.331 e. The molecule has 2 aromatic heterocycles. The molecule has 0 unspecified atom stereocenters. The van der Waals surface area contributed by atoms with Crippen molar-refractivity contribution >= 4 is 17.1 Å². The minimum absolute atomic E-state index is 0.0225. The zero-order chi connectivity index (χ0) is 10.8. The smallest absolute Gasteiger partial charge is 0.238 e. The van der Waals surface area contributed by atoms with Gasteiger partial charge in [0, 0.05) is 19.4 Å².